The molecule has 0 amide bonds. The molecule has 1 aromatic carbocycles. The zero-order valence-corrected chi connectivity index (χ0v) is 14.0. The van der Waals surface area contributed by atoms with Crippen molar-refractivity contribution in [3.05, 3.63) is 35.9 Å². The molecule has 1 aromatic rings. The molecule has 0 aromatic heterocycles. The lowest BCUT2D eigenvalue weighted by Crippen LogP contribution is -2.50. The van der Waals surface area contributed by atoms with Crippen LogP contribution in [0.5, 0.6) is 0 Å². The first-order chi connectivity index (χ1) is 10.7. The van der Waals surface area contributed by atoms with Gasteiger partial charge in [0.15, 0.2) is 0 Å². The standard InChI is InChI=1S/C17H26N2O2S/c20-22(21,18-13-6-7-14-18)19-15-5-4-10-17(19)12-11-16-8-2-1-3-9-16/h1-3,8-9,17H,4-7,10-15H2. The normalized spacial score (nSPS) is 24.6. The van der Waals surface area contributed by atoms with Crippen molar-refractivity contribution in [2.75, 3.05) is 19.6 Å². The summed E-state index contributed by atoms with van der Waals surface area (Å²) < 4.78 is 29.2. The molecule has 0 bridgehead atoms. The minimum Gasteiger partial charge on any atom is -0.195 e. The summed E-state index contributed by atoms with van der Waals surface area (Å²) in [6.07, 6.45) is 7.03. The Kier molecular flexibility index (Phi) is 5.16. The maximum atomic E-state index is 12.9. The summed E-state index contributed by atoms with van der Waals surface area (Å²) in [5.74, 6) is 0. The molecule has 0 N–H and O–H groups in total. The van der Waals surface area contributed by atoms with Crippen LogP contribution in [0.4, 0.5) is 0 Å². The van der Waals surface area contributed by atoms with E-state index in [0.29, 0.717) is 19.6 Å². The van der Waals surface area contributed by atoms with E-state index in [1.54, 1.807) is 8.61 Å². The van der Waals surface area contributed by atoms with E-state index in [2.05, 4.69) is 24.3 Å². The van der Waals surface area contributed by atoms with Crippen molar-refractivity contribution in [2.45, 2.75) is 51.0 Å². The molecule has 0 spiro atoms. The van der Waals surface area contributed by atoms with Crippen molar-refractivity contribution in [3.8, 4) is 0 Å². The number of piperidine rings is 1. The molecule has 1 unspecified atom stereocenters. The lowest BCUT2D eigenvalue weighted by Gasteiger charge is -2.37. The predicted molar refractivity (Wildman–Crippen MR) is 88.8 cm³/mol. The van der Waals surface area contributed by atoms with Gasteiger partial charge in [0.2, 0.25) is 0 Å². The molecule has 3 rings (SSSR count). The summed E-state index contributed by atoms with van der Waals surface area (Å²) in [4.78, 5) is 0. The van der Waals surface area contributed by atoms with Gasteiger partial charge in [0.25, 0.3) is 10.2 Å². The van der Waals surface area contributed by atoms with Crippen LogP contribution in [-0.4, -0.2) is 42.7 Å². The summed E-state index contributed by atoms with van der Waals surface area (Å²) >= 11 is 0. The van der Waals surface area contributed by atoms with Crippen LogP contribution < -0.4 is 0 Å². The summed E-state index contributed by atoms with van der Waals surface area (Å²) in [7, 11) is -3.25. The van der Waals surface area contributed by atoms with Gasteiger partial charge < -0.3 is 0 Å². The molecule has 2 saturated heterocycles. The lowest BCUT2D eigenvalue weighted by atomic mass is 9.98. The van der Waals surface area contributed by atoms with E-state index >= 15 is 0 Å². The molecule has 2 heterocycles. The van der Waals surface area contributed by atoms with Gasteiger partial charge in [-0.05, 0) is 44.1 Å². The van der Waals surface area contributed by atoms with Crippen LogP contribution in [0.2, 0.25) is 0 Å². The van der Waals surface area contributed by atoms with E-state index in [0.717, 1.165) is 44.9 Å². The molecule has 122 valence electrons. The van der Waals surface area contributed by atoms with Crippen LogP contribution in [0.15, 0.2) is 30.3 Å². The fourth-order valence-corrected chi connectivity index (χ4v) is 5.58. The Bertz CT molecular complexity index is 568. The van der Waals surface area contributed by atoms with Crippen LogP contribution >= 0.6 is 0 Å². The minimum absolute atomic E-state index is 0.166. The van der Waals surface area contributed by atoms with E-state index in [4.69, 9.17) is 0 Å². The molecule has 0 radical (unpaired) electrons. The highest BCUT2D eigenvalue weighted by molar-refractivity contribution is 7.86. The quantitative estimate of drug-likeness (QED) is 0.836. The fraction of sp³-hybridized carbons (Fsp3) is 0.647. The van der Waals surface area contributed by atoms with Crippen LogP contribution in [0, 0.1) is 0 Å². The van der Waals surface area contributed by atoms with Crippen molar-refractivity contribution < 1.29 is 8.42 Å². The number of nitrogens with zero attached hydrogens (tertiary/aromatic N) is 2. The monoisotopic (exact) mass is 322 g/mol. The first-order valence-corrected chi connectivity index (χ1v) is 9.88. The molecule has 0 aliphatic carbocycles. The number of hydrogen-bond donors (Lipinski definition) is 0. The topological polar surface area (TPSA) is 40.6 Å². The van der Waals surface area contributed by atoms with Crippen LogP contribution in [0.1, 0.15) is 44.1 Å². The Morgan fingerprint density at radius 1 is 0.955 bits per heavy atom. The van der Waals surface area contributed by atoms with Gasteiger partial charge in [0.05, 0.1) is 0 Å². The smallest absolute Gasteiger partial charge is 0.195 e. The second-order valence-corrected chi connectivity index (χ2v) is 8.28. The summed E-state index contributed by atoms with van der Waals surface area (Å²) in [6.45, 7) is 2.09. The second-order valence-electron chi connectivity index (χ2n) is 6.40. The maximum Gasteiger partial charge on any atom is 0.282 e. The molecule has 2 aliphatic rings. The summed E-state index contributed by atoms with van der Waals surface area (Å²) in [5.41, 5.74) is 1.30. The van der Waals surface area contributed by atoms with Crippen molar-refractivity contribution in [1.82, 2.24) is 8.61 Å². The Morgan fingerprint density at radius 2 is 1.64 bits per heavy atom. The minimum atomic E-state index is -3.25. The van der Waals surface area contributed by atoms with Gasteiger partial charge in [-0.15, -0.1) is 0 Å². The Hall–Kier alpha value is -0.910. The zero-order chi connectivity index (χ0) is 15.4. The highest BCUT2D eigenvalue weighted by atomic mass is 32.2. The largest absolute Gasteiger partial charge is 0.282 e. The highest BCUT2D eigenvalue weighted by Gasteiger charge is 2.37. The third-order valence-electron chi connectivity index (χ3n) is 4.87. The average Bonchev–Trinajstić information content (AvgIpc) is 3.09. The number of aryl methyl sites for hydroxylation is 1. The van der Waals surface area contributed by atoms with E-state index in [-0.39, 0.29) is 6.04 Å². The average molecular weight is 322 g/mol. The predicted octanol–water partition coefficient (Wildman–Crippen LogP) is 2.81. The molecule has 22 heavy (non-hydrogen) atoms. The van der Waals surface area contributed by atoms with E-state index in [1.165, 1.54) is 5.56 Å². The third kappa shape index (κ3) is 3.53. The van der Waals surface area contributed by atoms with Gasteiger partial charge in [-0.1, -0.05) is 36.8 Å². The molecule has 4 nitrogen and oxygen atoms in total. The van der Waals surface area contributed by atoms with Gasteiger partial charge in [-0.25, -0.2) is 0 Å². The van der Waals surface area contributed by atoms with Crippen molar-refractivity contribution in [1.29, 1.82) is 0 Å². The molecule has 0 saturated carbocycles. The van der Waals surface area contributed by atoms with Gasteiger partial charge in [0.1, 0.15) is 0 Å². The highest BCUT2D eigenvalue weighted by Crippen LogP contribution is 2.27. The Labute approximate surface area is 134 Å². The molecular weight excluding hydrogens is 296 g/mol. The van der Waals surface area contributed by atoms with Crippen molar-refractivity contribution in [3.63, 3.8) is 0 Å². The van der Waals surface area contributed by atoms with Gasteiger partial charge >= 0.3 is 0 Å². The zero-order valence-electron chi connectivity index (χ0n) is 13.2. The van der Waals surface area contributed by atoms with E-state index in [9.17, 15) is 8.42 Å². The first kappa shape index (κ1) is 16.0. The van der Waals surface area contributed by atoms with E-state index in [1.807, 2.05) is 6.07 Å². The SMILES string of the molecule is O=S(=O)(N1CCCC1)N1CCCCC1CCc1ccccc1. The van der Waals surface area contributed by atoms with Gasteiger partial charge in [-0.2, -0.15) is 17.0 Å². The van der Waals surface area contributed by atoms with Gasteiger partial charge in [0, 0.05) is 25.7 Å². The van der Waals surface area contributed by atoms with Crippen LogP contribution in [0.3, 0.4) is 0 Å². The van der Waals surface area contributed by atoms with Crippen LogP contribution in [0.25, 0.3) is 0 Å². The van der Waals surface area contributed by atoms with Gasteiger partial charge in [-0.3, -0.25) is 0 Å². The first-order valence-electron chi connectivity index (χ1n) is 8.49. The lowest BCUT2D eigenvalue weighted by molar-refractivity contribution is 0.226. The summed E-state index contributed by atoms with van der Waals surface area (Å²) in [5, 5.41) is 0. The molecule has 1 atom stereocenters. The summed E-state index contributed by atoms with van der Waals surface area (Å²) in [6, 6.07) is 10.5. The second kappa shape index (κ2) is 7.11. The van der Waals surface area contributed by atoms with Crippen molar-refractivity contribution in [2.24, 2.45) is 0 Å². The third-order valence-corrected chi connectivity index (χ3v) is 6.96. The number of benzene rings is 1. The Balaban J connectivity index is 1.68. The number of rotatable bonds is 5. The molecule has 2 aliphatic heterocycles. The fourth-order valence-electron chi connectivity index (χ4n) is 3.61. The Morgan fingerprint density at radius 3 is 2.36 bits per heavy atom. The molecular formula is C17H26N2O2S. The molecule has 5 heteroatoms. The molecule has 2 fully saturated rings. The number of hydrogen-bond acceptors (Lipinski definition) is 2. The van der Waals surface area contributed by atoms with E-state index < -0.39 is 10.2 Å². The van der Waals surface area contributed by atoms with Crippen LogP contribution in [-0.2, 0) is 16.6 Å². The van der Waals surface area contributed by atoms with Crippen molar-refractivity contribution >= 4 is 10.2 Å². The maximum absolute atomic E-state index is 12.9.